The molecule has 0 aliphatic carbocycles. The zero-order valence-corrected chi connectivity index (χ0v) is 8.20. The van der Waals surface area contributed by atoms with E-state index in [0.717, 1.165) is 12.1 Å². The number of ether oxygens (including phenoxy) is 1. The van der Waals surface area contributed by atoms with E-state index in [1.165, 1.54) is 7.11 Å². The van der Waals surface area contributed by atoms with Gasteiger partial charge in [-0.2, -0.15) is 0 Å². The minimum absolute atomic E-state index is 0.157. The van der Waals surface area contributed by atoms with E-state index in [1.54, 1.807) is 10.8 Å². The van der Waals surface area contributed by atoms with Crippen molar-refractivity contribution in [1.29, 1.82) is 0 Å². The van der Waals surface area contributed by atoms with Gasteiger partial charge in [0.05, 0.1) is 12.8 Å². The van der Waals surface area contributed by atoms with Crippen molar-refractivity contribution < 1.29 is 4.74 Å². The fourth-order valence-electron chi connectivity index (χ4n) is 1.18. The molecule has 0 aliphatic heterocycles. The van der Waals surface area contributed by atoms with Gasteiger partial charge in [-0.05, 0) is 13.3 Å². The highest BCUT2D eigenvalue weighted by molar-refractivity contribution is 5.09. The van der Waals surface area contributed by atoms with Crippen LogP contribution in [0.3, 0.4) is 0 Å². The summed E-state index contributed by atoms with van der Waals surface area (Å²) in [5, 5.41) is 0. The molecule has 0 aliphatic rings. The third kappa shape index (κ3) is 2.08. The summed E-state index contributed by atoms with van der Waals surface area (Å²) in [6, 6.07) is 0. The molecule has 1 aromatic rings. The molecule has 1 rings (SSSR count). The molecule has 72 valence electrons. The van der Waals surface area contributed by atoms with Gasteiger partial charge in [0.1, 0.15) is 0 Å². The van der Waals surface area contributed by atoms with Crippen molar-refractivity contribution in [3.05, 3.63) is 22.2 Å². The second-order valence-corrected chi connectivity index (χ2v) is 2.89. The van der Waals surface area contributed by atoms with Gasteiger partial charge in [0.25, 0.3) is 5.88 Å². The lowest BCUT2D eigenvalue weighted by Gasteiger charge is -2.06. The molecule has 0 atom stereocenters. The number of aryl methyl sites for hydroxylation is 2. The average molecular weight is 182 g/mol. The number of hydrogen-bond donors (Lipinski definition) is 0. The van der Waals surface area contributed by atoms with Crippen molar-refractivity contribution in [2.75, 3.05) is 7.11 Å². The first-order valence-electron chi connectivity index (χ1n) is 4.31. The summed E-state index contributed by atoms with van der Waals surface area (Å²) < 4.78 is 6.49. The molecule has 0 saturated carbocycles. The Kier molecular flexibility index (Phi) is 3.06. The van der Waals surface area contributed by atoms with Gasteiger partial charge in [0.15, 0.2) is 0 Å². The van der Waals surface area contributed by atoms with Gasteiger partial charge >= 0.3 is 5.56 Å². The van der Waals surface area contributed by atoms with E-state index >= 15 is 0 Å². The van der Waals surface area contributed by atoms with E-state index in [4.69, 9.17) is 4.74 Å². The highest BCUT2D eigenvalue weighted by atomic mass is 16.5. The molecule has 0 unspecified atom stereocenters. The number of methoxy groups -OCH3 is 1. The Hall–Kier alpha value is -1.32. The van der Waals surface area contributed by atoms with Crippen molar-refractivity contribution >= 4 is 0 Å². The van der Waals surface area contributed by atoms with Gasteiger partial charge in [-0.3, -0.25) is 4.79 Å². The Morgan fingerprint density at radius 3 is 2.85 bits per heavy atom. The SMILES string of the molecule is CCCn1cc(C)nc(OC)c1=O. The summed E-state index contributed by atoms with van der Waals surface area (Å²) >= 11 is 0. The zero-order valence-electron chi connectivity index (χ0n) is 8.20. The highest BCUT2D eigenvalue weighted by Crippen LogP contribution is 1.99. The number of hydrogen-bond acceptors (Lipinski definition) is 3. The van der Waals surface area contributed by atoms with Gasteiger partial charge in [0.2, 0.25) is 0 Å². The fourth-order valence-corrected chi connectivity index (χ4v) is 1.18. The maximum absolute atomic E-state index is 11.5. The molecule has 1 aromatic heterocycles. The van der Waals surface area contributed by atoms with Crippen LogP contribution < -0.4 is 10.3 Å². The smallest absolute Gasteiger partial charge is 0.313 e. The predicted molar refractivity (Wildman–Crippen MR) is 50.1 cm³/mol. The molecular formula is C9H14N2O2. The molecule has 1 heterocycles. The second kappa shape index (κ2) is 4.07. The van der Waals surface area contributed by atoms with E-state index < -0.39 is 0 Å². The van der Waals surface area contributed by atoms with E-state index in [-0.39, 0.29) is 11.4 Å². The van der Waals surface area contributed by atoms with E-state index in [9.17, 15) is 4.79 Å². The standard InChI is InChI=1S/C9H14N2O2/c1-4-5-11-6-7(2)10-8(13-3)9(11)12/h6H,4-5H2,1-3H3. The number of rotatable bonds is 3. The minimum Gasteiger partial charge on any atom is -0.477 e. The predicted octanol–water partition coefficient (Wildman–Crippen LogP) is 0.970. The average Bonchev–Trinajstić information content (AvgIpc) is 2.11. The largest absolute Gasteiger partial charge is 0.477 e. The lowest BCUT2D eigenvalue weighted by molar-refractivity contribution is 0.382. The van der Waals surface area contributed by atoms with Crippen LogP contribution in [-0.4, -0.2) is 16.7 Å². The summed E-state index contributed by atoms with van der Waals surface area (Å²) in [5.74, 6) is 0.174. The minimum atomic E-state index is -0.157. The highest BCUT2D eigenvalue weighted by Gasteiger charge is 2.05. The van der Waals surface area contributed by atoms with Crippen LogP contribution in [0.4, 0.5) is 0 Å². The van der Waals surface area contributed by atoms with Crippen LogP contribution in [-0.2, 0) is 6.54 Å². The topological polar surface area (TPSA) is 44.1 Å². The summed E-state index contributed by atoms with van der Waals surface area (Å²) in [4.78, 5) is 15.5. The van der Waals surface area contributed by atoms with E-state index in [0.29, 0.717) is 6.54 Å². The first-order valence-corrected chi connectivity index (χ1v) is 4.31. The summed E-state index contributed by atoms with van der Waals surface area (Å²) in [5.41, 5.74) is 0.639. The van der Waals surface area contributed by atoms with Crippen molar-refractivity contribution in [3.63, 3.8) is 0 Å². The Bertz CT molecular complexity index is 344. The Morgan fingerprint density at radius 2 is 2.31 bits per heavy atom. The number of aromatic nitrogens is 2. The first kappa shape index (κ1) is 9.77. The van der Waals surface area contributed by atoms with Gasteiger partial charge in [-0.25, -0.2) is 4.98 Å². The van der Waals surface area contributed by atoms with Gasteiger partial charge in [-0.15, -0.1) is 0 Å². The first-order chi connectivity index (χ1) is 6.19. The maximum Gasteiger partial charge on any atom is 0.313 e. The third-order valence-electron chi connectivity index (χ3n) is 1.72. The second-order valence-electron chi connectivity index (χ2n) is 2.89. The molecular weight excluding hydrogens is 168 g/mol. The van der Waals surface area contributed by atoms with Crippen LogP contribution in [0, 0.1) is 6.92 Å². The lowest BCUT2D eigenvalue weighted by Crippen LogP contribution is -2.22. The quantitative estimate of drug-likeness (QED) is 0.699. The van der Waals surface area contributed by atoms with Gasteiger partial charge in [0, 0.05) is 12.7 Å². The van der Waals surface area contributed by atoms with Crippen LogP contribution in [0.15, 0.2) is 11.0 Å². The zero-order chi connectivity index (χ0) is 9.84. The van der Waals surface area contributed by atoms with Crippen molar-refractivity contribution in [1.82, 2.24) is 9.55 Å². The lowest BCUT2D eigenvalue weighted by atomic mass is 10.4. The maximum atomic E-state index is 11.5. The molecule has 0 spiro atoms. The molecule has 13 heavy (non-hydrogen) atoms. The molecule has 0 N–H and O–H groups in total. The molecule has 4 nitrogen and oxygen atoms in total. The molecule has 0 aromatic carbocycles. The van der Waals surface area contributed by atoms with Crippen LogP contribution in [0.5, 0.6) is 5.88 Å². The molecule has 0 bridgehead atoms. The summed E-state index contributed by atoms with van der Waals surface area (Å²) in [7, 11) is 1.46. The van der Waals surface area contributed by atoms with Gasteiger partial charge in [-0.1, -0.05) is 6.92 Å². The molecule has 0 radical (unpaired) electrons. The normalized spacial score (nSPS) is 10.1. The Morgan fingerprint density at radius 1 is 1.62 bits per heavy atom. The molecule has 0 amide bonds. The summed E-state index contributed by atoms with van der Waals surface area (Å²) in [6.45, 7) is 4.57. The van der Waals surface area contributed by atoms with Gasteiger partial charge < -0.3 is 9.30 Å². The monoisotopic (exact) mass is 182 g/mol. The molecule has 0 saturated heterocycles. The van der Waals surface area contributed by atoms with Crippen molar-refractivity contribution in [2.24, 2.45) is 0 Å². The summed E-state index contributed by atoms with van der Waals surface area (Å²) in [6.07, 6.45) is 2.67. The Balaban J connectivity index is 3.19. The van der Waals surface area contributed by atoms with Crippen LogP contribution in [0.25, 0.3) is 0 Å². The van der Waals surface area contributed by atoms with Crippen molar-refractivity contribution in [2.45, 2.75) is 26.8 Å². The Labute approximate surface area is 77.2 Å². The van der Waals surface area contributed by atoms with E-state index in [2.05, 4.69) is 4.98 Å². The number of nitrogens with zero attached hydrogens (tertiary/aromatic N) is 2. The van der Waals surface area contributed by atoms with Crippen LogP contribution in [0.1, 0.15) is 19.0 Å². The van der Waals surface area contributed by atoms with Crippen molar-refractivity contribution in [3.8, 4) is 5.88 Å². The van der Waals surface area contributed by atoms with E-state index in [1.807, 2.05) is 13.8 Å². The van der Waals surface area contributed by atoms with Crippen LogP contribution >= 0.6 is 0 Å². The molecule has 0 fully saturated rings. The third-order valence-corrected chi connectivity index (χ3v) is 1.72. The molecule has 4 heteroatoms. The fraction of sp³-hybridized carbons (Fsp3) is 0.556. The van der Waals surface area contributed by atoms with Crippen LogP contribution in [0.2, 0.25) is 0 Å².